The molecule has 0 atom stereocenters. The number of ether oxygens (including phenoxy) is 1. The summed E-state index contributed by atoms with van der Waals surface area (Å²) in [6.45, 7) is 4.91. The van der Waals surface area contributed by atoms with Gasteiger partial charge in [-0.3, -0.25) is 19.8 Å². The van der Waals surface area contributed by atoms with E-state index in [0.717, 1.165) is 37.2 Å². The number of hydrogen-bond donors (Lipinski definition) is 3. The van der Waals surface area contributed by atoms with Crippen LogP contribution in [-0.4, -0.2) is 42.1 Å². The highest BCUT2D eigenvalue weighted by Crippen LogP contribution is 2.29. The molecule has 8 nitrogen and oxygen atoms in total. The van der Waals surface area contributed by atoms with Gasteiger partial charge in [-0.2, -0.15) is 0 Å². The highest BCUT2D eigenvalue weighted by molar-refractivity contribution is 6.13. The van der Waals surface area contributed by atoms with Crippen molar-refractivity contribution < 1.29 is 19.1 Å². The van der Waals surface area contributed by atoms with Gasteiger partial charge in [-0.1, -0.05) is 66.7 Å². The molecule has 0 radical (unpaired) electrons. The number of piperidine rings is 1. The number of ketones is 1. The molecule has 1 aliphatic heterocycles. The number of benzene rings is 3. The monoisotopic (exact) mass is 540 g/mol. The summed E-state index contributed by atoms with van der Waals surface area (Å²) in [5.41, 5.74) is 8.10. The van der Waals surface area contributed by atoms with Crippen LogP contribution < -0.4 is 16.0 Å². The minimum atomic E-state index is -1.11. The molecule has 8 heteroatoms. The van der Waals surface area contributed by atoms with Gasteiger partial charge in [0.15, 0.2) is 5.78 Å². The van der Waals surface area contributed by atoms with Crippen molar-refractivity contribution in [1.82, 2.24) is 5.32 Å². The van der Waals surface area contributed by atoms with Crippen molar-refractivity contribution in [1.29, 1.82) is 5.41 Å². The summed E-state index contributed by atoms with van der Waals surface area (Å²) in [4.78, 5) is 40.1. The first-order valence-corrected chi connectivity index (χ1v) is 13.5. The molecular formula is C32H36N4O4. The van der Waals surface area contributed by atoms with E-state index in [9.17, 15) is 14.4 Å². The number of anilines is 1. The molecule has 1 aliphatic rings. The molecule has 3 aromatic rings. The number of amidine groups is 1. The van der Waals surface area contributed by atoms with Crippen LogP contribution in [0.4, 0.5) is 5.69 Å². The quantitative estimate of drug-likeness (QED) is 0.159. The highest BCUT2D eigenvalue weighted by atomic mass is 16.5. The number of hydrogen-bond acceptors (Lipinski definition) is 7. The molecule has 0 aromatic heterocycles. The number of rotatable bonds is 9. The Labute approximate surface area is 235 Å². The van der Waals surface area contributed by atoms with Gasteiger partial charge in [0, 0.05) is 41.9 Å². The largest absolute Gasteiger partial charge is 0.461 e. The molecule has 1 heterocycles. The van der Waals surface area contributed by atoms with Gasteiger partial charge in [-0.05, 0) is 50.3 Å². The van der Waals surface area contributed by atoms with E-state index in [1.165, 1.54) is 0 Å². The lowest BCUT2D eigenvalue weighted by Crippen LogP contribution is -2.50. The zero-order valence-electron chi connectivity index (χ0n) is 23.0. The number of amides is 1. The fraction of sp³-hybridized carbons (Fsp3) is 0.312. The Bertz CT molecular complexity index is 1360. The topological polar surface area (TPSA) is 126 Å². The maximum atomic E-state index is 13.5. The Balaban J connectivity index is 1.34. The summed E-state index contributed by atoms with van der Waals surface area (Å²) >= 11 is 0. The van der Waals surface area contributed by atoms with Crippen molar-refractivity contribution >= 4 is 29.2 Å². The predicted molar refractivity (Wildman–Crippen MR) is 155 cm³/mol. The SMILES string of the molecule is CC(C)(N)C(=O)NC(=N)c1ccc(C(=O)c2ccccc2N2CCC(CC(=O)OCc3ccccc3)CC2)cc1. The zero-order valence-corrected chi connectivity index (χ0v) is 23.0. The average Bonchev–Trinajstić information content (AvgIpc) is 2.96. The molecule has 1 fully saturated rings. The minimum Gasteiger partial charge on any atom is -0.461 e. The van der Waals surface area contributed by atoms with E-state index in [1.54, 1.807) is 38.1 Å². The standard InChI is InChI=1S/C32H36N4O4/c1-32(2,34)31(39)35-30(33)25-14-12-24(13-15-25)29(38)26-10-6-7-11-27(26)36-18-16-22(17-19-36)20-28(37)40-21-23-8-4-3-5-9-23/h3-15,22H,16-21,34H2,1-2H3,(H2,33,35,39). The number of carbonyl (C=O) groups excluding carboxylic acids is 3. The third kappa shape index (κ3) is 7.42. The van der Waals surface area contributed by atoms with E-state index in [2.05, 4.69) is 10.2 Å². The van der Waals surface area contributed by atoms with Gasteiger partial charge in [0.25, 0.3) is 0 Å². The van der Waals surface area contributed by atoms with Crippen LogP contribution in [0.25, 0.3) is 0 Å². The lowest BCUT2D eigenvalue weighted by atomic mass is 9.92. The van der Waals surface area contributed by atoms with Crippen LogP contribution >= 0.6 is 0 Å². The van der Waals surface area contributed by atoms with E-state index in [-0.39, 0.29) is 30.1 Å². The summed E-state index contributed by atoms with van der Waals surface area (Å²) in [5.74, 6) is -0.585. The Morgan fingerprint density at radius 3 is 2.17 bits per heavy atom. The molecule has 4 rings (SSSR count). The van der Waals surface area contributed by atoms with Crippen molar-refractivity contribution in [3.05, 3.63) is 101 Å². The van der Waals surface area contributed by atoms with Gasteiger partial charge in [0.05, 0.1) is 5.54 Å². The molecule has 40 heavy (non-hydrogen) atoms. The highest BCUT2D eigenvalue weighted by Gasteiger charge is 2.26. The van der Waals surface area contributed by atoms with Gasteiger partial charge in [0.2, 0.25) is 5.91 Å². The van der Waals surface area contributed by atoms with E-state index in [0.29, 0.717) is 23.1 Å². The number of nitrogens with one attached hydrogen (secondary N) is 2. The number of esters is 1. The van der Waals surface area contributed by atoms with E-state index < -0.39 is 11.4 Å². The average molecular weight is 541 g/mol. The van der Waals surface area contributed by atoms with Gasteiger partial charge >= 0.3 is 5.97 Å². The van der Waals surface area contributed by atoms with Gasteiger partial charge in [-0.25, -0.2) is 0 Å². The number of nitrogens with two attached hydrogens (primary N) is 1. The second-order valence-electron chi connectivity index (χ2n) is 10.8. The summed E-state index contributed by atoms with van der Waals surface area (Å²) in [6.07, 6.45) is 2.07. The molecule has 0 unspecified atom stereocenters. The molecule has 0 aliphatic carbocycles. The number of carbonyl (C=O) groups is 3. The lowest BCUT2D eigenvalue weighted by Gasteiger charge is -2.34. The first-order chi connectivity index (χ1) is 19.1. The molecule has 1 amide bonds. The van der Waals surface area contributed by atoms with E-state index in [1.807, 2.05) is 54.6 Å². The third-order valence-corrected chi connectivity index (χ3v) is 7.06. The molecule has 3 aromatic carbocycles. The van der Waals surface area contributed by atoms with Crippen molar-refractivity contribution in [3.8, 4) is 0 Å². The van der Waals surface area contributed by atoms with E-state index >= 15 is 0 Å². The number of para-hydroxylation sites is 1. The van der Waals surface area contributed by atoms with Crippen molar-refractivity contribution in [2.75, 3.05) is 18.0 Å². The van der Waals surface area contributed by atoms with Crippen molar-refractivity contribution in [3.63, 3.8) is 0 Å². The van der Waals surface area contributed by atoms with Crippen LogP contribution in [0.1, 0.15) is 60.2 Å². The maximum Gasteiger partial charge on any atom is 0.306 e. The Morgan fingerprint density at radius 2 is 1.52 bits per heavy atom. The molecule has 1 saturated heterocycles. The maximum absolute atomic E-state index is 13.5. The summed E-state index contributed by atoms with van der Waals surface area (Å²) in [7, 11) is 0. The van der Waals surface area contributed by atoms with Gasteiger partial charge in [-0.15, -0.1) is 0 Å². The fourth-order valence-electron chi connectivity index (χ4n) is 4.64. The molecule has 0 saturated carbocycles. The molecule has 0 bridgehead atoms. The summed E-state index contributed by atoms with van der Waals surface area (Å²) in [6, 6.07) is 23.8. The van der Waals surface area contributed by atoms with Crippen LogP contribution in [0.3, 0.4) is 0 Å². The third-order valence-electron chi connectivity index (χ3n) is 7.06. The molecule has 4 N–H and O–H groups in total. The van der Waals surface area contributed by atoms with Crippen LogP contribution in [0.5, 0.6) is 0 Å². The Hall–Kier alpha value is -4.30. The van der Waals surface area contributed by atoms with Crippen LogP contribution in [0.2, 0.25) is 0 Å². The van der Waals surface area contributed by atoms with Crippen molar-refractivity contribution in [2.24, 2.45) is 11.7 Å². The lowest BCUT2D eigenvalue weighted by molar-refractivity contribution is -0.146. The second kappa shape index (κ2) is 12.7. The molecule has 208 valence electrons. The van der Waals surface area contributed by atoms with Crippen molar-refractivity contribution in [2.45, 2.75) is 45.3 Å². The summed E-state index contributed by atoms with van der Waals surface area (Å²) < 4.78 is 5.46. The van der Waals surface area contributed by atoms with Crippen LogP contribution in [-0.2, 0) is 20.9 Å². The predicted octanol–water partition coefficient (Wildman–Crippen LogP) is 4.45. The number of nitrogens with zero attached hydrogens (tertiary/aromatic N) is 1. The van der Waals surface area contributed by atoms with Crippen LogP contribution in [0.15, 0.2) is 78.9 Å². The zero-order chi connectivity index (χ0) is 28.7. The summed E-state index contributed by atoms with van der Waals surface area (Å²) in [5, 5.41) is 10.7. The van der Waals surface area contributed by atoms with E-state index in [4.69, 9.17) is 15.9 Å². The van der Waals surface area contributed by atoms with Gasteiger partial charge in [0.1, 0.15) is 12.4 Å². The van der Waals surface area contributed by atoms with Crippen LogP contribution in [0, 0.1) is 11.3 Å². The fourth-order valence-corrected chi connectivity index (χ4v) is 4.64. The molecule has 0 spiro atoms. The first-order valence-electron chi connectivity index (χ1n) is 13.5. The second-order valence-corrected chi connectivity index (χ2v) is 10.8. The van der Waals surface area contributed by atoms with Gasteiger partial charge < -0.3 is 20.7 Å². The Kier molecular flexibility index (Phi) is 9.11. The Morgan fingerprint density at radius 1 is 0.925 bits per heavy atom. The smallest absolute Gasteiger partial charge is 0.306 e. The minimum absolute atomic E-state index is 0.0743. The normalized spacial score (nSPS) is 13.9. The molecular weight excluding hydrogens is 504 g/mol. The first kappa shape index (κ1) is 28.7.